The Labute approximate surface area is 241 Å². The van der Waals surface area contributed by atoms with Gasteiger partial charge in [-0.2, -0.15) is 0 Å². The number of rotatable bonds is 5. The molecule has 9 heteroatoms. The summed E-state index contributed by atoms with van der Waals surface area (Å²) in [5.74, 6) is -4.07. The number of carbonyl (C=O) groups is 4. The Morgan fingerprint density at radius 2 is 1.20 bits per heavy atom. The number of carbonyl (C=O) groups excluding carboxylic acids is 4. The van der Waals surface area contributed by atoms with Crippen LogP contribution in [0.3, 0.4) is 0 Å². The van der Waals surface area contributed by atoms with Gasteiger partial charge in [0.15, 0.2) is 0 Å². The summed E-state index contributed by atoms with van der Waals surface area (Å²) in [4.78, 5) is 51.9. The first kappa shape index (κ1) is 26.5. The van der Waals surface area contributed by atoms with Crippen molar-refractivity contribution in [2.24, 2.45) is 11.8 Å². The molecule has 1 fully saturated rings. The number of hydrogen-bond acceptors (Lipinski definition) is 5. The van der Waals surface area contributed by atoms with Crippen LogP contribution in [0.5, 0.6) is 0 Å². The highest BCUT2D eigenvalue weighted by molar-refractivity contribution is 6.36. The molecule has 4 aliphatic rings. The first-order valence-electron chi connectivity index (χ1n) is 13.1. The fourth-order valence-electron chi connectivity index (χ4n) is 6.41. The van der Waals surface area contributed by atoms with Gasteiger partial charge in [0.2, 0.25) is 17.7 Å². The molecule has 0 radical (unpaired) electrons. The summed E-state index contributed by atoms with van der Waals surface area (Å²) in [7, 11) is 0. The smallest absolute Gasteiger partial charge is 0.338 e. The Morgan fingerprint density at radius 3 is 1.60 bits per heavy atom. The third kappa shape index (κ3) is 3.50. The Kier molecular flexibility index (Phi) is 6.09. The summed E-state index contributed by atoms with van der Waals surface area (Å²) in [6, 6.07) is 19.8. The molecule has 0 unspecified atom stereocenters. The van der Waals surface area contributed by atoms with Gasteiger partial charge in [-0.1, -0.05) is 48.5 Å². The molecule has 1 heterocycles. The lowest BCUT2D eigenvalue weighted by molar-refractivity contribution is -0.146. The Balaban J connectivity index is 1.32. The zero-order valence-corrected chi connectivity index (χ0v) is 23.5. The SMILES string of the molecule is CC(C)OC(=O)c1ccc(NC(=O)[C@@H](C)N2C(=O)[C@@H]3[C@H](C2=O)C2(Cl)c4ccccc4C3(Cl)c3ccccc32)cc1. The highest BCUT2D eigenvalue weighted by Crippen LogP contribution is 2.69. The normalized spacial score (nSPS) is 26.7. The van der Waals surface area contributed by atoms with E-state index in [9.17, 15) is 19.2 Å². The Morgan fingerprint density at radius 1 is 0.775 bits per heavy atom. The molecular formula is C31H26Cl2N2O5. The summed E-state index contributed by atoms with van der Waals surface area (Å²) in [6.45, 7) is 5.01. The van der Waals surface area contributed by atoms with Crippen molar-refractivity contribution < 1.29 is 23.9 Å². The molecule has 1 aliphatic heterocycles. The third-order valence-electron chi connectivity index (χ3n) is 8.12. The first-order chi connectivity index (χ1) is 19.0. The van der Waals surface area contributed by atoms with Crippen molar-refractivity contribution >= 4 is 52.6 Å². The number of ether oxygens (including phenoxy) is 1. The maximum absolute atomic E-state index is 14.0. The predicted octanol–water partition coefficient (Wildman–Crippen LogP) is 5.17. The second-order valence-corrected chi connectivity index (χ2v) is 11.9. The standard InChI is InChI=1S/C31H26Cl2N2O5/c1-16(2)40-29(39)18-12-14-19(15-13-18)34-26(36)17(3)35-27(37)24-25(28(35)38)31(33)21-9-5-4-8-20(21)30(24,32)22-10-6-7-11-23(22)31/h4-17,24-25H,1-3H3,(H,34,36)/t17-,24-,25+,30?,31?/m1/s1. The van der Waals surface area contributed by atoms with Crippen LogP contribution in [0.1, 0.15) is 53.4 Å². The van der Waals surface area contributed by atoms with Crippen molar-refractivity contribution in [2.75, 3.05) is 5.32 Å². The Bertz CT molecular complexity index is 1460. The number of imide groups is 1. The largest absolute Gasteiger partial charge is 0.459 e. The fourth-order valence-corrected chi connectivity index (χ4v) is 7.50. The molecule has 3 atom stereocenters. The molecule has 40 heavy (non-hydrogen) atoms. The van der Waals surface area contributed by atoms with E-state index >= 15 is 0 Å². The van der Waals surface area contributed by atoms with E-state index in [0.717, 1.165) is 4.90 Å². The molecule has 3 aromatic carbocycles. The minimum absolute atomic E-state index is 0.262. The summed E-state index contributed by atoms with van der Waals surface area (Å²) < 4.78 is 5.19. The van der Waals surface area contributed by atoms with Crippen molar-refractivity contribution in [3.05, 3.63) is 101 Å². The van der Waals surface area contributed by atoms with Crippen molar-refractivity contribution in [1.29, 1.82) is 0 Å². The lowest BCUT2D eigenvalue weighted by Gasteiger charge is -2.54. The Hall–Kier alpha value is -3.68. The van der Waals surface area contributed by atoms with E-state index in [1.807, 2.05) is 48.5 Å². The molecule has 0 spiro atoms. The van der Waals surface area contributed by atoms with Crippen LogP contribution in [-0.2, 0) is 28.9 Å². The van der Waals surface area contributed by atoms with E-state index in [1.165, 1.54) is 19.1 Å². The molecule has 7 rings (SSSR count). The fraction of sp³-hybridized carbons (Fsp3) is 0.290. The molecule has 3 amide bonds. The number of likely N-dealkylation sites (tertiary alicyclic amines) is 1. The highest BCUT2D eigenvalue weighted by Gasteiger charge is 2.73. The summed E-state index contributed by atoms with van der Waals surface area (Å²) >= 11 is 14.9. The van der Waals surface area contributed by atoms with E-state index in [-0.39, 0.29) is 6.10 Å². The molecule has 0 aromatic heterocycles. The average Bonchev–Trinajstić information content (AvgIpc) is 3.22. The van der Waals surface area contributed by atoms with Gasteiger partial charge in [-0.05, 0) is 67.3 Å². The predicted molar refractivity (Wildman–Crippen MR) is 150 cm³/mol. The van der Waals surface area contributed by atoms with E-state index in [1.54, 1.807) is 26.0 Å². The first-order valence-corrected chi connectivity index (χ1v) is 13.8. The van der Waals surface area contributed by atoms with Crippen LogP contribution < -0.4 is 5.32 Å². The van der Waals surface area contributed by atoms with Gasteiger partial charge in [-0.25, -0.2) is 4.79 Å². The number of alkyl halides is 2. The van der Waals surface area contributed by atoms with Crippen LogP contribution in [-0.4, -0.2) is 40.7 Å². The quantitative estimate of drug-likeness (QED) is 0.257. The second-order valence-electron chi connectivity index (χ2n) is 10.7. The van der Waals surface area contributed by atoms with E-state index < -0.39 is 51.3 Å². The molecule has 3 aliphatic carbocycles. The summed E-state index contributed by atoms with van der Waals surface area (Å²) in [5.41, 5.74) is 3.52. The zero-order chi connectivity index (χ0) is 28.6. The molecule has 204 valence electrons. The summed E-state index contributed by atoms with van der Waals surface area (Å²) in [6.07, 6.45) is -0.262. The van der Waals surface area contributed by atoms with Gasteiger partial charge in [-0.3, -0.25) is 19.3 Å². The van der Waals surface area contributed by atoms with Crippen LogP contribution in [0.2, 0.25) is 0 Å². The minimum atomic E-state index is -1.31. The number of benzene rings is 3. The van der Waals surface area contributed by atoms with Gasteiger partial charge < -0.3 is 10.1 Å². The van der Waals surface area contributed by atoms with Crippen LogP contribution in [0.15, 0.2) is 72.8 Å². The van der Waals surface area contributed by atoms with Gasteiger partial charge in [-0.15, -0.1) is 23.2 Å². The number of esters is 1. The van der Waals surface area contributed by atoms with Crippen LogP contribution in [0.25, 0.3) is 0 Å². The number of hydrogen-bond donors (Lipinski definition) is 1. The van der Waals surface area contributed by atoms with E-state index in [0.29, 0.717) is 33.5 Å². The number of halogens is 2. The number of nitrogens with one attached hydrogen (secondary N) is 1. The monoisotopic (exact) mass is 576 g/mol. The number of anilines is 1. The maximum Gasteiger partial charge on any atom is 0.338 e. The lowest BCUT2D eigenvalue weighted by atomic mass is 9.54. The third-order valence-corrected chi connectivity index (χ3v) is 9.40. The maximum atomic E-state index is 14.0. The minimum Gasteiger partial charge on any atom is -0.459 e. The molecule has 0 saturated carbocycles. The molecule has 3 aromatic rings. The topological polar surface area (TPSA) is 92.8 Å². The van der Waals surface area contributed by atoms with Crippen molar-refractivity contribution in [2.45, 2.75) is 42.7 Å². The van der Waals surface area contributed by atoms with Crippen molar-refractivity contribution in [3.63, 3.8) is 0 Å². The highest BCUT2D eigenvalue weighted by atomic mass is 35.5. The van der Waals surface area contributed by atoms with Gasteiger partial charge in [0, 0.05) is 5.69 Å². The van der Waals surface area contributed by atoms with Crippen LogP contribution in [0.4, 0.5) is 5.69 Å². The van der Waals surface area contributed by atoms with Gasteiger partial charge in [0.05, 0.1) is 23.5 Å². The number of nitrogens with zero attached hydrogens (tertiary/aromatic N) is 1. The van der Waals surface area contributed by atoms with E-state index in [2.05, 4.69) is 5.32 Å². The molecular weight excluding hydrogens is 551 g/mol. The lowest BCUT2D eigenvalue weighted by Crippen LogP contribution is -2.57. The average molecular weight is 577 g/mol. The van der Waals surface area contributed by atoms with Crippen LogP contribution >= 0.6 is 23.2 Å². The van der Waals surface area contributed by atoms with Gasteiger partial charge >= 0.3 is 5.97 Å². The van der Waals surface area contributed by atoms with Crippen LogP contribution in [0, 0.1) is 11.8 Å². The summed E-state index contributed by atoms with van der Waals surface area (Å²) in [5, 5.41) is 2.74. The molecule has 7 nitrogen and oxygen atoms in total. The zero-order valence-electron chi connectivity index (χ0n) is 22.0. The molecule has 1 saturated heterocycles. The van der Waals surface area contributed by atoms with Gasteiger partial charge in [0.25, 0.3) is 0 Å². The van der Waals surface area contributed by atoms with Gasteiger partial charge in [0.1, 0.15) is 15.8 Å². The van der Waals surface area contributed by atoms with Crippen molar-refractivity contribution in [1.82, 2.24) is 4.90 Å². The number of amides is 3. The van der Waals surface area contributed by atoms with E-state index in [4.69, 9.17) is 27.9 Å². The molecule has 2 bridgehead atoms. The molecule has 1 N–H and O–H groups in total. The van der Waals surface area contributed by atoms with Crippen molar-refractivity contribution in [3.8, 4) is 0 Å². The second kappa shape index (κ2) is 9.18.